The smallest absolute Gasteiger partial charge is 0.0845 e. The summed E-state index contributed by atoms with van der Waals surface area (Å²) in [7, 11) is 0. The van der Waals surface area contributed by atoms with E-state index in [2.05, 4.69) is 43.4 Å². The van der Waals surface area contributed by atoms with Gasteiger partial charge in [-0.3, -0.25) is 0 Å². The fourth-order valence-electron chi connectivity index (χ4n) is 4.05. The van der Waals surface area contributed by atoms with E-state index in [0.717, 1.165) is 26.0 Å². The Balaban J connectivity index is 1.83. The van der Waals surface area contributed by atoms with Crippen molar-refractivity contribution in [1.29, 1.82) is 0 Å². The molecule has 2 nitrogen and oxygen atoms in total. The lowest BCUT2D eigenvalue weighted by molar-refractivity contribution is 0.00540. The average Bonchev–Trinajstić information content (AvgIpc) is 2.74. The molecule has 2 aliphatic rings. The van der Waals surface area contributed by atoms with Crippen LogP contribution in [0.5, 0.6) is 0 Å². The number of nitrogens with one attached hydrogen (secondary N) is 1. The van der Waals surface area contributed by atoms with Crippen molar-refractivity contribution in [3.05, 3.63) is 35.4 Å². The molecule has 3 rings (SSSR count). The van der Waals surface area contributed by atoms with E-state index in [1.54, 1.807) is 0 Å². The van der Waals surface area contributed by atoms with Gasteiger partial charge in [0.15, 0.2) is 0 Å². The third-order valence-electron chi connectivity index (χ3n) is 5.52. The third kappa shape index (κ3) is 3.17. The number of fused-ring (bicyclic) bond motifs is 1. The maximum Gasteiger partial charge on any atom is 0.0845 e. The highest BCUT2D eigenvalue weighted by atomic mass is 16.5. The molecule has 21 heavy (non-hydrogen) atoms. The van der Waals surface area contributed by atoms with Crippen LogP contribution < -0.4 is 5.32 Å². The van der Waals surface area contributed by atoms with E-state index in [9.17, 15) is 0 Å². The Labute approximate surface area is 129 Å². The summed E-state index contributed by atoms with van der Waals surface area (Å²) in [6.45, 7) is 6.77. The first kappa shape index (κ1) is 15.1. The Morgan fingerprint density at radius 2 is 2.10 bits per heavy atom. The molecule has 1 fully saturated rings. The second-order valence-electron chi connectivity index (χ2n) is 7.06. The van der Waals surface area contributed by atoms with Crippen LogP contribution in [0.3, 0.4) is 0 Å². The summed E-state index contributed by atoms with van der Waals surface area (Å²) in [4.78, 5) is 0. The van der Waals surface area contributed by atoms with Crippen molar-refractivity contribution in [2.75, 3.05) is 13.2 Å². The van der Waals surface area contributed by atoms with Crippen LogP contribution in [-0.4, -0.2) is 18.7 Å². The molecule has 1 aromatic rings. The molecule has 2 heterocycles. The summed E-state index contributed by atoms with van der Waals surface area (Å²) >= 11 is 0. The summed E-state index contributed by atoms with van der Waals surface area (Å²) in [5.74, 6) is 0.647. The van der Waals surface area contributed by atoms with Gasteiger partial charge in [-0.05, 0) is 49.3 Å². The van der Waals surface area contributed by atoms with Crippen molar-refractivity contribution >= 4 is 0 Å². The molecular weight excluding hydrogens is 258 g/mol. The summed E-state index contributed by atoms with van der Waals surface area (Å²) < 4.78 is 6.18. The molecule has 1 N–H and O–H groups in total. The van der Waals surface area contributed by atoms with Crippen molar-refractivity contribution in [3.63, 3.8) is 0 Å². The standard InChI is InChI=1S/C19H29NO/c1-15(2)19(11-6-3-7-12-20-19)14-18-17-9-5-4-8-16(17)10-13-21-18/h4-5,8-9,15,18,20H,3,6-7,10-14H2,1-2H3. The predicted molar refractivity (Wildman–Crippen MR) is 87.5 cm³/mol. The summed E-state index contributed by atoms with van der Waals surface area (Å²) in [5, 5.41) is 3.89. The molecule has 116 valence electrons. The molecule has 2 atom stereocenters. The maximum atomic E-state index is 6.18. The van der Waals surface area contributed by atoms with Gasteiger partial charge in [0, 0.05) is 5.54 Å². The number of rotatable bonds is 3. The Hall–Kier alpha value is -0.860. The van der Waals surface area contributed by atoms with Gasteiger partial charge in [0.05, 0.1) is 12.7 Å². The van der Waals surface area contributed by atoms with E-state index in [4.69, 9.17) is 4.74 Å². The average molecular weight is 287 g/mol. The van der Waals surface area contributed by atoms with Crippen molar-refractivity contribution in [2.24, 2.45) is 5.92 Å². The van der Waals surface area contributed by atoms with Gasteiger partial charge in [-0.15, -0.1) is 0 Å². The van der Waals surface area contributed by atoms with Crippen LogP contribution in [0.15, 0.2) is 24.3 Å². The molecule has 2 unspecified atom stereocenters. The van der Waals surface area contributed by atoms with Crippen molar-refractivity contribution in [3.8, 4) is 0 Å². The molecule has 0 aliphatic carbocycles. The van der Waals surface area contributed by atoms with Gasteiger partial charge < -0.3 is 10.1 Å². The van der Waals surface area contributed by atoms with Crippen molar-refractivity contribution in [1.82, 2.24) is 5.32 Å². The van der Waals surface area contributed by atoms with Gasteiger partial charge in [-0.25, -0.2) is 0 Å². The molecule has 0 amide bonds. The summed E-state index contributed by atoms with van der Waals surface area (Å²) in [5.41, 5.74) is 3.15. The fourth-order valence-corrected chi connectivity index (χ4v) is 4.05. The SMILES string of the molecule is CC(C)C1(CC2OCCc3ccccc32)CCCCCN1. The van der Waals surface area contributed by atoms with Crippen LogP contribution in [0.4, 0.5) is 0 Å². The summed E-state index contributed by atoms with van der Waals surface area (Å²) in [6.07, 6.45) is 7.76. The van der Waals surface area contributed by atoms with Gasteiger partial charge in [0.25, 0.3) is 0 Å². The molecular formula is C19H29NO. The third-order valence-corrected chi connectivity index (χ3v) is 5.52. The number of ether oxygens (including phenoxy) is 1. The van der Waals surface area contributed by atoms with E-state index in [1.807, 2.05) is 0 Å². The van der Waals surface area contributed by atoms with E-state index < -0.39 is 0 Å². The molecule has 1 aromatic carbocycles. The Morgan fingerprint density at radius 3 is 2.95 bits per heavy atom. The van der Waals surface area contributed by atoms with Crippen molar-refractivity contribution < 1.29 is 4.74 Å². The highest BCUT2D eigenvalue weighted by molar-refractivity contribution is 5.31. The van der Waals surface area contributed by atoms with Crippen LogP contribution in [0, 0.1) is 5.92 Å². The molecule has 0 saturated carbocycles. The second kappa shape index (κ2) is 6.50. The molecule has 0 aromatic heterocycles. The Morgan fingerprint density at radius 1 is 1.24 bits per heavy atom. The van der Waals surface area contributed by atoms with Crippen LogP contribution in [0.2, 0.25) is 0 Å². The zero-order chi connectivity index (χ0) is 14.7. The van der Waals surface area contributed by atoms with Gasteiger partial charge >= 0.3 is 0 Å². The first-order valence-corrected chi connectivity index (χ1v) is 8.66. The Bertz CT molecular complexity index is 460. The first-order valence-electron chi connectivity index (χ1n) is 8.66. The predicted octanol–water partition coefficient (Wildman–Crippen LogP) is 4.25. The second-order valence-corrected chi connectivity index (χ2v) is 7.06. The van der Waals surface area contributed by atoms with Gasteiger partial charge in [0.2, 0.25) is 0 Å². The number of hydrogen-bond donors (Lipinski definition) is 1. The van der Waals surface area contributed by atoms with Crippen LogP contribution in [-0.2, 0) is 11.2 Å². The van der Waals surface area contributed by atoms with Crippen LogP contribution in [0.1, 0.15) is 63.2 Å². The van der Waals surface area contributed by atoms with E-state index in [0.29, 0.717) is 5.92 Å². The minimum Gasteiger partial charge on any atom is -0.373 e. The maximum absolute atomic E-state index is 6.18. The zero-order valence-electron chi connectivity index (χ0n) is 13.5. The molecule has 2 aliphatic heterocycles. The number of benzene rings is 1. The van der Waals surface area contributed by atoms with Gasteiger partial charge in [-0.2, -0.15) is 0 Å². The van der Waals surface area contributed by atoms with Crippen molar-refractivity contribution in [2.45, 2.75) is 64.0 Å². The first-order chi connectivity index (χ1) is 10.2. The highest BCUT2D eigenvalue weighted by Crippen LogP contribution is 2.39. The molecule has 0 spiro atoms. The number of hydrogen-bond acceptors (Lipinski definition) is 2. The largest absolute Gasteiger partial charge is 0.373 e. The van der Waals surface area contributed by atoms with Crippen LogP contribution in [0.25, 0.3) is 0 Å². The molecule has 0 bridgehead atoms. The zero-order valence-corrected chi connectivity index (χ0v) is 13.5. The van der Waals surface area contributed by atoms with E-state index >= 15 is 0 Å². The highest BCUT2D eigenvalue weighted by Gasteiger charge is 2.38. The quantitative estimate of drug-likeness (QED) is 0.897. The summed E-state index contributed by atoms with van der Waals surface area (Å²) in [6, 6.07) is 8.85. The molecule has 0 radical (unpaired) electrons. The lowest BCUT2D eigenvalue weighted by Crippen LogP contribution is -2.50. The minimum absolute atomic E-state index is 0.242. The van der Waals surface area contributed by atoms with Gasteiger partial charge in [-0.1, -0.05) is 51.0 Å². The minimum atomic E-state index is 0.242. The Kier molecular flexibility index (Phi) is 4.66. The fraction of sp³-hybridized carbons (Fsp3) is 0.684. The van der Waals surface area contributed by atoms with E-state index in [1.165, 1.54) is 36.8 Å². The van der Waals surface area contributed by atoms with E-state index in [-0.39, 0.29) is 11.6 Å². The lowest BCUT2D eigenvalue weighted by atomic mass is 9.76. The normalized spacial score (nSPS) is 30.0. The van der Waals surface area contributed by atoms with Crippen LogP contribution >= 0.6 is 0 Å². The monoisotopic (exact) mass is 287 g/mol. The topological polar surface area (TPSA) is 21.3 Å². The molecule has 2 heteroatoms. The lowest BCUT2D eigenvalue weighted by Gasteiger charge is -2.42. The van der Waals surface area contributed by atoms with Gasteiger partial charge in [0.1, 0.15) is 0 Å². The molecule has 1 saturated heterocycles.